The van der Waals surface area contributed by atoms with E-state index in [0.29, 0.717) is 5.69 Å². The number of nitrogens with zero attached hydrogens (tertiary/aromatic N) is 3. The number of aromatic nitrogens is 2. The molecule has 10 rings (SSSR count). The molecule has 0 N–H and O–H groups in total. The monoisotopic (exact) mass is 599 g/mol. The number of para-hydroxylation sites is 5. The summed E-state index contributed by atoms with van der Waals surface area (Å²) in [5.41, 5.74) is 10.8. The molecule has 3 aromatic heterocycles. The maximum absolute atomic E-state index is 7.93. The molecule has 0 aliphatic heterocycles. The van der Waals surface area contributed by atoms with E-state index in [0.717, 1.165) is 71.9 Å². The predicted octanol–water partition coefficient (Wildman–Crippen LogP) is 12.0. The van der Waals surface area contributed by atoms with Crippen molar-refractivity contribution in [2.45, 2.75) is 0 Å². The Labute approximate surface area is 269 Å². The fourth-order valence-electron chi connectivity index (χ4n) is 7.56. The predicted molar refractivity (Wildman–Crippen MR) is 194 cm³/mol. The van der Waals surface area contributed by atoms with Crippen LogP contribution in [0.15, 0.2) is 156 Å². The maximum Gasteiger partial charge on any atom is 0.189 e. The molecule has 0 radical (unpaired) electrons. The third kappa shape index (κ3) is 3.57. The van der Waals surface area contributed by atoms with Gasteiger partial charge < -0.3 is 13.6 Å². The third-order valence-electron chi connectivity index (χ3n) is 9.55. The lowest BCUT2D eigenvalue weighted by Gasteiger charge is -2.19. The standard InChI is InChI=1S/C43H25N3O/c1-44-27-22-23-32(40(26-27)45-36-17-7-2-12-28(36)29-13-3-8-18-37(29)45)30-14-4-9-19-38(30)46-39-20-10-5-15-31(39)34-24-25-35-33-16-6-11-21-41(33)47-43(35)42(34)46/h2-26H. The van der Waals surface area contributed by atoms with Gasteiger partial charge in [0.1, 0.15) is 5.58 Å². The Morgan fingerprint density at radius 3 is 1.72 bits per heavy atom. The van der Waals surface area contributed by atoms with Crippen LogP contribution in [0.3, 0.4) is 0 Å². The highest BCUT2D eigenvalue weighted by Gasteiger charge is 2.22. The van der Waals surface area contributed by atoms with Crippen LogP contribution in [0, 0.1) is 6.57 Å². The molecule has 0 saturated carbocycles. The average molecular weight is 600 g/mol. The van der Waals surface area contributed by atoms with E-state index in [-0.39, 0.29) is 0 Å². The first-order valence-corrected chi connectivity index (χ1v) is 15.7. The van der Waals surface area contributed by atoms with E-state index in [1.165, 1.54) is 16.2 Å². The van der Waals surface area contributed by atoms with Gasteiger partial charge in [-0.15, -0.1) is 0 Å². The summed E-state index contributed by atoms with van der Waals surface area (Å²) >= 11 is 0. The highest BCUT2D eigenvalue weighted by Crippen LogP contribution is 2.44. The van der Waals surface area contributed by atoms with E-state index in [2.05, 4.69) is 141 Å². The minimum atomic E-state index is 0.601. The Hall–Kier alpha value is -6.57. The molecule has 0 aliphatic carbocycles. The third-order valence-corrected chi connectivity index (χ3v) is 9.55. The zero-order valence-corrected chi connectivity index (χ0v) is 25.2. The average Bonchev–Trinajstić information content (AvgIpc) is 3.79. The normalized spacial score (nSPS) is 11.8. The fourth-order valence-corrected chi connectivity index (χ4v) is 7.56. The van der Waals surface area contributed by atoms with Crippen molar-refractivity contribution in [3.8, 4) is 22.5 Å². The second-order valence-electron chi connectivity index (χ2n) is 12.0. The maximum atomic E-state index is 7.93. The Bertz CT molecular complexity index is 2880. The summed E-state index contributed by atoms with van der Waals surface area (Å²) in [6, 6.07) is 53.0. The van der Waals surface area contributed by atoms with Crippen LogP contribution in [0.4, 0.5) is 5.69 Å². The van der Waals surface area contributed by atoms with Crippen molar-refractivity contribution >= 4 is 71.2 Å². The van der Waals surface area contributed by atoms with E-state index in [1.54, 1.807) is 0 Å². The first-order valence-electron chi connectivity index (χ1n) is 15.7. The van der Waals surface area contributed by atoms with Crippen LogP contribution >= 0.6 is 0 Å². The van der Waals surface area contributed by atoms with Gasteiger partial charge in [0.2, 0.25) is 0 Å². The van der Waals surface area contributed by atoms with E-state index in [4.69, 9.17) is 11.0 Å². The lowest BCUT2D eigenvalue weighted by molar-refractivity contribution is 0.671. The minimum absolute atomic E-state index is 0.601. The second kappa shape index (κ2) is 9.71. The number of benzene rings is 7. The van der Waals surface area contributed by atoms with E-state index < -0.39 is 0 Å². The summed E-state index contributed by atoms with van der Waals surface area (Å²) in [6.45, 7) is 7.93. The van der Waals surface area contributed by atoms with Crippen LogP contribution in [0.25, 0.3) is 92.9 Å². The first kappa shape index (κ1) is 25.7. The Balaban J connectivity index is 1.34. The van der Waals surface area contributed by atoms with Crippen molar-refractivity contribution < 1.29 is 4.42 Å². The second-order valence-corrected chi connectivity index (χ2v) is 12.0. The minimum Gasteiger partial charge on any atom is -0.454 e. The van der Waals surface area contributed by atoms with Crippen molar-refractivity contribution in [1.82, 2.24) is 9.13 Å². The summed E-state index contributed by atoms with van der Waals surface area (Å²) in [5, 5.41) is 6.90. The topological polar surface area (TPSA) is 27.4 Å². The molecule has 0 fully saturated rings. The summed E-state index contributed by atoms with van der Waals surface area (Å²) in [4.78, 5) is 3.86. The molecule has 0 unspecified atom stereocenters. The zero-order chi connectivity index (χ0) is 31.1. The molecule has 47 heavy (non-hydrogen) atoms. The van der Waals surface area contributed by atoms with Crippen molar-refractivity contribution in [3.05, 3.63) is 163 Å². The van der Waals surface area contributed by atoms with Crippen molar-refractivity contribution in [2.75, 3.05) is 0 Å². The first-order chi connectivity index (χ1) is 23.3. The quantitative estimate of drug-likeness (QED) is 0.186. The lowest BCUT2D eigenvalue weighted by atomic mass is 10.00. The number of fused-ring (bicyclic) bond motifs is 10. The number of hydrogen-bond donors (Lipinski definition) is 0. The Kier molecular flexibility index (Phi) is 5.32. The van der Waals surface area contributed by atoms with Crippen LogP contribution in [0.5, 0.6) is 0 Å². The molecule has 4 nitrogen and oxygen atoms in total. The van der Waals surface area contributed by atoms with Gasteiger partial charge in [-0.05, 0) is 42.5 Å². The number of hydrogen-bond acceptors (Lipinski definition) is 1. The highest BCUT2D eigenvalue weighted by atomic mass is 16.3. The molecular formula is C43H25N3O. The van der Waals surface area contributed by atoms with E-state index in [9.17, 15) is 0 Å². The molecule has 3 heterocycles. The van der Waals surface area contributed by atoms with Gasteiger partial charge in [0, 0.05) is 49.1 Å². The van der Waals surface area contributed by atoms with Crippen LogP contribution in [-0.4, -0.2) is 9.13 Å². The fraction of sp³-hybridized carbons (Fsp3) is 0. The molecule has 4 heteroatoms. The zero-order valence-electron chi connectivity index (χ0n) is 25.2. The molecule has 0 aliphatic rings. The van der Waals surface area contributed by atoms with Crippen molar-refractivity contribution in [1.29, 1.82) is 0 Å². The molecule has 0 bridgehead atoms. The van der Waals surface area contributed by atoms with Gasteiger partial charge in [-0.2, -0.15) is 0 Å². The van der Waals surface area contributed by atoms with Crippen LogP contribution in [-0.2, 0) is 0 Å². The van der Waals surface area contributed by atoms with Crippen molar-refractivity contribution in [3.63, 3.8) is 0 Å². The van der Waals surface area contributed by atoms with Crippen LogP contribution in [0.2, 0.25) is 0 Å². The Morgan fingerprint density at radius 2 is 1.00 bits per heavy atom. The molecule has 7 aromatic carbocycles. The summed E-state index contributed by atoms with van der Waals surface area (Å²) < 4.78 is 11.3. The largest absolute Gasteiger partial charge is 0.454 e. The van der Waals surface area contributed by atoms with Crippen LogP contribution < -0.4 is 0 Å². The van der Waals surface area contributed by atoms with E-state index in [1.807, 2.05) is 24.3 Å². The van der Waals surface area contributed by atoms with Gasteiger partial charge in [0.15, 0.2) is 11.3 Å². The molecule has 0 saturated heterocycles. The smallest absolute Gasteiger partial charge is 0.189 e. The number of furan rings is 1. The van der Waals surface area contributed by atoms with Gasteiger partial charge in [0.25, 0.3) is 0 Å². The van der Waals surface area contributed by atoms with Crippen LogP contribution in [0.1, 0.15) is 0 Å². The molecule has 0 amide bonds. The van der Waals surface area contributed by atoms with Gasteiger partial charge in [-0.1, -0.05) is 109 Å². The van der Waals surface area contributed by atoms with Gasteiger partial charge in [0.05, 0.1) is 34.3 Å². The van der Waals surface area contributed by atoms with Crippen molar-refractivity contribution in [2.24, 2.45) is 0 Å². The summed E-state index contributed by atoms with van der Waals surface area (Å²) in [6.07, 6.45) is 0. The number of rotatable bonds is 3. The molecule has 218 valence electrons. The lowest BCUT2D eigenvalue weighted by Crippen LogP contribution is -2.01. The van der Waals surface area contributed by atoms with Gasteiger partial charge in [-0.25, -0.2) is 4.85 Å². The van der Waals surface area contributed by atoms with E-state index >= 15 is 0 Å². The summed E-state index contributed by atoms with van der Waals surface area (Å²) in [7, 11) is 0. The highest BCUT2D eigenvalue weighted by molar-refractivity contribution is 6.21. The SMILES string of the molecule is [C-]#[N+]c1ccc(-c2ccccc2-n2c3ccccc3c3ccc4c5ccccc5oc4c32)c(-n2c3ccccc3c3ccccc32)c1. The molecule has 10 aromatic rings. The summed E-state index contributed by atoms with van der Waals surface area (Å²) in [5.74, 6) is 0. The molecule has 0 atom stereocenters. The Morgan fingerprint density at radius 1 is 0.447 bits per heavy atom. The van der Waals surface area contributed by atoms with Gasteiger partial charge in [-0.3, -0.25) is 0 Å². The molecular weight excluding hydrogens is 574 g/mol. The molecule has 0 spiro atoms. The van der Waals surface area contributed by atoms with Gasteiger partial charge >= 0.3 is 0 Å².